The van der Waals surface area contributed by atoms with E-state index in [1.807, 2.05) is 0 Å². The summed E-state index contributed by atoms with van der Waals surface area (Å²) in [4.78, 5) is 16.5. The Bertz CT molecular complexity index is 562. The van der Waals surface area contributed by atoms with E-state index >= 15 is 0 Å². The monoisotopic (exact) mass is 316 g/mol. The van der Waals surface area contributed by atoms with E-state index < -0.39 is 0 Å². The minimum absolute atomic E-state index is 0.156. The SMILES string of the molecule is CC(C#N)Nc1ccncc1C(=O)NC1CCC(CCO)CC1. The average molecular weight is 316 g/mol. The largest absolute Gasteiger partial charge is 0.396 e. The average Bonchev–Trinajstić information content (AvgIpc) is 2.57. The molecule has 1 aliphatic rings. The smallest absolute Gasteiger partial charge is 0.255 e. The summed E-state index contributed by atoms with van der Waals surface area (Å²) in [6, 6.07) is 3.59. The zero-order chi connectivity index (χ0) is 16.7. The summed E-state index contributed by atoms with van der Waals surface area (Å²) in [7, 11) is 0. The van der Waals surface area contributed by atoms with E-state index in [1.54, 1.807) is 19.2 Å². The Kier molecular flexibility index (Phi) is 6.36. The van der Waals surface area contributed by atoms with Crippen molar-refractivity contribution in [3.63, 3.8) is 0 Å². The van der Waals surface area contributed by atoms with Crippen molar-refractivity contribution in [3.05, 3.63) is 24.0 Å². The van der Waals surface area contributed by atoms with Gasteiger partial charge in [0.05, 0.1) is 17.3 Å². The number of pyridine rings is 1. The van der Waals surface area contributed by atoms with Crippen molar-refractivity contribution in [2.45, 2.75) is 51.1 Å². The van der Waals surface area contributed by atoms with Crippen molar-refractivity contribution >= 4 is 11.6 Å². The fourth-order valence-corrected chi connectivity index (χ4v) is 3.01. The highest BCUT2D eigenvalue weighted by Gasteiger charge is 2.23. The zero-order valence-corrected chi connectivity index (χ0v) is 13.5. The molecule has 0 aromatic carbocycles. The predicted octanol–water partition coefficient (Wildman–Crippen LogP) is 2.08. The number of hydrogen-bond acceptors (Lipinski definition) is 5. The Hall–Kier alpha value is -2.13. The molecule has 1 aromatic heterocycles. The van der Waals surface area contributed by atoms with Gasteiger partial charge in [-0.2, -0.15) is 5.26 Å². The first-order valence-electron chi connectivity index (χ1n) is 8.16. The Morgan fingerprint density at radius 2 is 2.22 bits per heavy atom. The molecule has 1 aliphatic carbocycles. The quantitative estimate of drug-likeness (QED) is 0.746. The van der Waals surface area contributed by atoms with Crippen LogP contribution in [0.3, 0.4) is 0 Å². The second-order valence-electron chi connectivity index (χ2n) is 6.12. The number of carbonyl (C=O) groups excluding carboxylic acids is 1. The molecular formula is C17H24N4O2. The van der Waals surface area contributed by atoms with Gasteiger partial charge in [-0.25, -0.2) is 0 Å². The first-order valence-corrected chi connectivity index (χ1v) is 8.16. The lowest BCUT2D eigenvalue weighted by molar-refractivity contribution is 0.0919. The van der Waals surface area contributed by atoms with Crippen molar-refractivity contribution in [3.8, 4) is 6.07 Å². The number of nitrogens with zero attached hydrogens (tertiary/aromatic N) is 2. The number of rotatable bonds is 6. The number of aromatic nitrogens is 1. The summed E-state index contributed by atoms with van der Waals surface area (Å²) in [6.45, 7) is 1.98. The van der Waals surface area contributed by atoms with Crippen LogP contribution in [0.4, 0.5) is 5.69 Å². The minimum Gasteiger partial charge on any atom is -0.396 e. The van der Waals surface area contributed by atoms with Gasteiger partial charge in [-0.15, -0.1) is 0 Å². The fraction of sp³-hybridized carbons (Fsp3) is 0.588. The lowest BCUT2D eigenvalue weighted by Crippen LogP contribution is -2.38. The molecule has 0 saturated heterocycles. The molecule has 6 heteroatoms. The maximum absolute atomic E-state index is 12.5. The molecule has 2 rings (SSSR count). The molecule has 1 saturated carbocycles. The van der Waals surface area contributed by atoms with Gasteiger partial charge in [-0.3, -0.25) is 9.78 Å². The molecule has 0 bridgehead atoms. The number of nitriles is 1. The van der Waals surface area contributed by atoms with Crippen LogP contribution in [0.5, 0.6) is 0 Å². The van der Waals surface area contributed by atoms with Crippen LogP contribution in [-0.4, -0.2) is 34.7 Å². The Morgan fingerprint density at radius 1 is 1.48 bits per heavy atom. The van der Waals surface area contributed by atoms with Gasteiger partial charge in [0.2, 0.25) is 0 Å². The molecule has 124 valence electrons. The molecule has 23 heavy (non-hydrogen) atoms. The van der Waals surface area contributed by atoms with Crippen LogP contribution in [0.15, 0.2) is 18.5 Å². The molecule has 1 unspecified atom stereocenters. The Balaban J connectivity index is 1.95. The van der Waals surface area contributed by atoms with Gasteiger partial charge in [-0.05, 0) is 51.0 Å². The molecule has 1 aromatic rings. The molecule has 1 heterocycles. The summed E-state index contributed by atoms with van der Waals surface area (Å²) in [5.41, 5.74) is 1.09. The summed E-state index contributed by atoms with van der Waals surface area (Å²) in [5, 5.41) is 24.0. The topological polar surface area (TPSA) is 98.0 Å². The van der Waals surface area contributed by atoms with Crippen molar-refractivity contribution in [2.24, 2.45) is 5.92 Å². The van der Waals surface area contributed by atoms with Gasteiger partial charge in [0, 0.05) is 25.0 Å². The highest BCUT2D eigenvalue weighted by Crippen LogP contribution is 2.27. The van der Waals surface area contributed by atoms with E-state index in [2.05, 4.69) is 21.7 Å². The maximum Gasteiger partial charge on any atom is 0.255 e. The second kappa shape index (κ2) is 8.49. The highest BCUT2D eigenvalue weighted by atomic mass is 16.3. The standard InChI is InChI=1S/C17H24N4O2/c1-12(10-18)20-16-6-8-19-11-15(16)17(23)21-14-4-2-13(3-5-14)7-9-22/h6,8,11-14,22H,2-5,7,9H2,1H3,(H,19,20)(H,21,23). The van der Waals surface area contributed by atoms with E-state index in [1.165, 1.54) is 6.20 Å². The Morgan fingerprint density at radius 3 is 2.87 bits per heavy atom. The lowest BCUT2D eigenvalue weighted by atomic mass is 9.84. The number of nitrogens with one attached hydrogen (secondary N) is 2. The summed E-state index contributed by atoms with van der Waals surface area (Å²) < 4.78 is 0. The number of anilines is 1. The van der Waals surface area contributed by atoms with Crippen molar-refractivity contribution in [1.29, 1.82) is 5.26 Å². The molecule has 3 N–H and O–H groups in total. The van der Waals surface area contributed by atoms with Gasteiger partial charge in [0.15, 0.2) is 0 Å². The van der Waals surface area contributed by atoms with Crippen LogP contribution in [0, 0.1) is 17.2 Å². The van der Waals surface area contributed by atoms with Crippen LogP contribution < -0.4 is 10.6 Å². The van der Waals surface area contributed by atoms with Crippen LogP contribution in [-0.2, 0) is 0 Å². The van der Waals surface area contributed by atoms with Gasteiger partial charge in [-0.1, -0.05) is 0 Å². The number of aliphatic hydroxyl groups excluding tert-OH is 1. The molecule has 1 amide bonds. The third-order valence-corrected chi connectivity index (χ3v) is 4.35. The summed E-state index contributed by atoms with van der Waals surface area (Å²) >= 11 is 0. The number of aliphatic hydroxyl groups is 1. The van der Waals surface area contributed by atoms with Crippen molar-refractivity contribution in [1.82, 2.24) is 10.3 Å². The second-order valence-corrected chi connectivity index (χ2v) is 6.12. The highest BCUT2D eigenvalue weighted by molar-refractivity contribution is 5.99. The molecule has 0 aliphatic heterocycles. The fourth-order valence-electron chi connectivity index (χ4n) is 3.01. The maximum atomic E-state index is 12.5. The van der Waals surface area contributed by atoms with Crippen molar-refractivity contribution < 1.29 is 9.90 Å². The van der Waals surface area contributed by atoms with Gasteiger partial charge in [0.25, 0.3) is 5.91 Å². The first-order chi connectivity index (χ1) is 11.1. The van der Waals surface area contributed by atoms with Crippen LogP contribution >= 0.6 is 0 Å². The number of hydrogen-bond donors (Lipinski definition) is 3. The zero-order valence-electron chi connectivity index (χ0n) is 13.5. The number of carbonyl (C=O) groups is 1. The molecular weight excluding hydrogens is 292 g/mol. The van der Waals surface area contributed by atoms with Gasteiger partial charge >= 0.3 is 0 Å². The summed E-state index contributed by atoms with van der Waals surface area (Å²) in [6.07, 6.45) is 7.93. The van der Waals surface area contributed by atoms with Gasteiger partial charge in [0.1, 0.15) is 6.04 Å². The summed E-state index contributed by atoms with van der Waals surface area (Å²) in [5.74, 6) is 0.414. The molecule has 0 spiro atoms. The van der Waals surface area contributed by atoms with E-state index in [4.69, 9.17) is 10.4 Å². The van der Waals surface area contributed by atoms with Crippen LogP contribution in [0.25, 0.3) is 0 Å². The Labute approximate surface area is 136 Å². The molecule has 1 atom stereocenters. The van der Waals surface area contributed by atoms with E-state index in [-0.39, 0.29) is 24.6 Å². The van der Waals surface area contributed by atoms with Crippen molar-refractivity contribution in [2.75, 3.05) is 11.9 Å². The van der Waals surface area contributed by atoms with E-state index in [9.17, 15) is 4.79 Å². The third-order valence-electron chi connectivity index (χ3n) is 4.35. The van der Waals surface area contributed by atoms with Gasteiger partial charge < -0.3 is 15.7 Å². The normalized spacial score (nSPS) is 22.0. The number of amides is 1. The molecule has 1 fully saturated rings. The molecule has 6 nitrogen and oxygen atoms in total. The third kappa shape index (κ3) is 4.93. The van der Waals surface area contributed by atoms with Crippen LogP contribution in [0.1, 0.15) is 49.4 Å². The molecule has 0 radical (unpaired) electrons. The predicted molar refractivity (Wildman–Crippen MR) is 87.8 cm³/mol. The minimum atomic E-state index is -0.377. The van der Waals surface area contributed by atoms with Crippen LogP contribution in [0.2, 0.25) is 0 Å². The van der Waals surface area contributed by atoms with E-state index in [0.29, 0.717) is 17.2 Å². The van der Waals surface area contributed by atoms with E-state index in [0.717, 1.165) is 32.1 Å². The lowest BCUT2D eigenvalue weighted by Gasteiger charge is -2.29. The first kappa shape index (κ1) is 17.2.